The third kappa shape index (κ3) is 5.21. The first kappa shape index (κ1) is 18.2. The maximum Gasteiger partial charge on any atom is 0.306 e. The van der Waals surface area contributed by atoms with Gasteiger partial charge in [0, 0.05) is 13.1 Å². The highest BCUT2D eigenvalue weighted by atomic mass is 16.5. The van der Waals surface area contributed by atoms with E-state index in [4.69, 9.17) is 19.3 Å². The molecule has 7 nitrogen and oxygen atoms in total. The normalized spacial score (nSPS) is 18.9. The van der Waals surface area contributed by atoms with Crippen molar-refractivity contribution < 1.29 is 28.9 Å². The van der Waals surface area contributed by atoms with Gasteiger partial charge >= 0.3 is 5.97 Å². The van der Waals surface area contributed by atoms with Gasteiger partial charge in [0.15, 0.2) is 0 Å². The van der Waals surface area contributed by atoms with Crippen LogP contribution in [0.5, 0.6) is 5.75 Å². The summed E-state index contributed by atoms with van der Waals surface area (Å²) in [7, 11) is 1.60. The summed E-state index contributed by atoms with van der Waals surface area (Å²) in [5, 5.41) is 8.83. The molecule has 2 atom stereocenters. The number of carboxylic acid groups (broad SMARTS) is 1. The van der Waals surface area contributed by atoms with Crippen molar-refractivity contribution in [1.82, 2.24) is 4.90 Å². The number of hydrogen-bond acceptors (Lipinski definition) is 5. The predicted molar refractivity (Wildman–Crippen MR) is 85.8 cm³/mol. The molecule has 7 heteroatoms. The molecule has 1 aliphatic heterocycles. The molecule has 0 bridgehead atoms. The van der Waals surface area contributed by atoms with Crippen LogP contribution < -0.4 is 4.74 Å². The monoisotopic (exact) mass is 337 g/mol. The first-order chi connectivity index (χ1) is 11.5. The summed E-state index contributed by atoms with van der Waals surface area (Å²) >= 11 is 0. The van der Waals surface area contributed by atoms with Gasteiger partial charge in [0.2, 0.25) is 0 Å². The Morgan fingerprint density at radius 3 is 2.96 bits per heavy atom. The molecule has 0 radical (unpaired) electrons. The minimum Gasteiger partial charge on any atom is -0.497 e. The average Bonchev–Trinajstić information content (AvgIpc) is 2.58. The molecule has 1 N–H and O–H groups in total. The van der Waals surface area contributed by atoms with Gasteiger partial charge in [-0.3, -0.25) is 9.59 Å². The summed E-state index contributed by atoms with van der Waals surface area (Å²) in [6, 6.07) is 7.46. The molecule has 1 heterocycles. The number of methoxy groups -OCH3 is 1. The molecule has 1 aliphatic rings. The minimum absolute atomic E-state index is 0.108. The zero-order chi connectivity index (χ0) is 17.5. The fourth-order valence-electron chi connectivity index (χ4n) is 2.55. The number of hydrogen-bond donors (Lipinski definition) is 1. The molecular weight excluding hydrogens is 314 g/mol. The van der Waals surface area contributed by atoms with Gasteiger partial charge < -0.3 is 24.2 Å². The molecule has 0 aromatic heterocycles. The zero-order valence-corrected chi connectivity index (χ0v) is 13.9. The Morgan fingerprint density at radius 1 is 1.46 bits per heavy atom. The van der Waals surface area contributed by atoms with Crippen molar-refractivity contribution in [3.8, 4) is 5.75 Å². The highest BCUT2D eigenvalue weighted by Gasteiger charge is 2.28. The number of ether oxygens (including phenoxy) is 3. The zero-order valence-electron chi connectivity index (χ0n) is 13.9. The largest absolute Gasteiger partial charge is 0.497 e. The van der Waals surface area contributed by atoms with Crippen molar-refractivity contribution >= 4 is 11.9 Å². The number of benzene rings is 1. The van der Waals surface area contributed by atoms with E-state index in [0.717, 1.165) is 11.3 Å². The van der Waals surface area contributed by atoms with E-state index < -0.39 is 18.2 Å². The van der Waals surface area contributed by atoms with E-state index in [-0.39, 0.29) is 18.9 Å². The van der Waals surface area contributed by atoms with Gasteiger partial charge in [0.25, 0.3) is 5.91 Å². The van der Waals surface area contributed by atoms with E-state index in [9.17, 15) is 9.59 Å². The molecule has 1 fully saturated rings. The lowest BCUT2D eigenvalue weighted by atomic mass is 10.2. The molecule has 132 valence electrons. The Bertz CT molecular complexity index is 576. The smallest absolute Gasteiger partial charge is 0.306 e. The summed E-state index contributed by atoms with van der Waals surface area (Å²) in [5.74, 6) is -0.354. The number of aliphatic carboxylic acids is 1. The quantitative estimate of drug-likeness (QED) is 0.807. The lowest BCUT2D eigenvalue weighted by molar-refractivity contribution is -0.154. The van der Waals surface area contributed by atoms with Crippen LogP contribution >= 0.6 is 0 Å². The van der Waals surface area contributed by atoms with Crippen molar-refractivity contribution in [2.45, 2.75) is 32.2 Å². The molecule has 24 heavy (non-hydrogen) atoms. The molecule has 1 aromatic rings. The average molecular weight is 337 g/mol. The Balaban J connectivity index is 1.85. The molecule has 1 amide bonds. The Kier molecular flexibility index (Phi) is 6.57. The van der Waals surface area contributed by atoms with Crippen molar-refractivity contribution in [2.75, 3.05) is 26.8 Å². The molecule has 0 spiro atoms. The third-order valence-corrected chi connectivity index (χ3v) is 3.83. The fourth-order valence-corrected chi connectivity index (χ4v) is 2.55. The summed E-state index contributed by atoms with van der Waals surface area (Å²) < 4.78 is 16.2. The van der Waals surface area contributed by atoms with Crippen molar-refractivity contribution in [2.24, 2.45) is 0 Å². The van der Waals surface area contributed by atoms with Crippen LogP contribution in [0.2, 0.25) is 0 Å². The summed E-state index contributed by atoms with van der Waals surface area (Å²) in [5.41, 5.74) is 0.916. The van der Waals surface area contributed by atoms with Gasteiger partial charge in [-0.1, -0.05) is 12.1 Å². The molecule has 1 saturated heterocycles. The van der Waals surface area contributed by atoms with Gasteiger partial charge in [-0.2, -0.15) is 0 Å². The van der Waals surface area contributed by atoms with Crippen molar-refractivity contribution in [3.05, 3.63) is 29.8 Å². The standard InChI is InChI=1S/C17H23NO6/c1-12(24-11-13-4-3-5-14(8-13)22-2)17(21)18-6-7-23-15(10-18)9-16(19)20/h3-5,8,12,15H,6-7,9-11H2,1-2H3,(H,19,20)/t12-,15-/m1/s1. The summed E-state index contributed by atoms with van der Waals surface area (Å²) in [6.45, 7) is 3.06. The van der Waals surface area contributed by atoms with E-state index in [2.05, 4.69) is 0 Å². The fraction of sp³-hybridized carbons (Fsp3) is 0.529. The second-order valence-corrected chi connectivity index (χ2v) is 5.68. The number of morpholine rings is 1. The van der Waals surface area contributed by atoms with Gasteiger partial charge in [-0.15, -0.1) is 0 Å². The predicted octanol–water partition coefficient (Wildman–Crippen LogP) is 1.30. The molecule has 0 saturated carbocycles. The Morgan fingerprint density at radius 2 is 2.25 bits per heavy atom. The number of carbonyl (C=O) groups is 2. The van der Waals surface area contributed by atoms with Crippen LogP contribution in [0.4, 0.5) is 0 Å². The second kappa shape index (κ2) is 8.65. The maximum absolute atomic E-state index is 12.4. The van der Waals surface area contributed by atoms with Gasteiger partial charge in [-0.05, 0) is 24.6 Å². The maximum atomic E-state index is 12.4. The van der Waals surface area contributed by atoms with Crippen LogP contribution in [0, 0.1) is 0 Å². The van der Waals surface area contributed by atoms with Crippen molar-refractivity contribution in [3.63, 3.8) is 0 Å². The van der Waals surface area contributed by atoms with Crippen LogP contribution in [0.1, 0.15) is 18.9 Å². The van der Waals surface area contributed by atoms with Gasteiger partial charge in [-0.25, -0.2) is 0 Å². The first-order valence-electron chi connectivity index (χ1n) is 7.86. The third-order valence-electron chi connectivity index (χ3n) is 3.83. The number of amides is 1. The number of carbonyl (C=O) groups excluding carboxylic acids is 1. The second-order valence-electron chi connectivity index (χ2n) is 5.68. The van der Waals surface area contributed by atoms with E-state index >= 15 is 0 Å². The molecular formula is C17H23NO6. The van der Waals surface area contributed by atoms with E-state index in [1.54, 1.807) is 18.9 Å². The Labute approximate surface area is 141 Å². The lowest BCUT2D eigenvalue weighted by Crippen LogP contribution is -2.49. The first-order valence-corrected chi connectivity index (χ1v) is 7.86. The summed E-state index contributed by atoms with van der Waals surface area (Å²) in [4.78, 5) is 24.8. The van der Waals surface area contributed by atoms with Crippen LogP contribution in [-0.4, -0.2) is 60.9 Å². The lowest BCUT2D eigenvalue weighted by Gasteiger charge is -2.33. The minimum atomic E-state index is -0.934. The van der Waals surface area contributed by atoms with Crippen LogP contribution in [0.15, 0.2) is 24.3 Å². The number of nitrogens with zero attached hydrogens (tertiary/aromatic N) is 1. The highest BCUT2D eigenvalue weighted by Crippen LogP contribution is 2.15. The van der Waals surface area contributed by atoms with E-state index in [1.807, 2.05) is 24.3 Å². The highest BCUT2D eigenvalue weighted by molar-refractivity contribution is 5.80. The SMILES string of the molecule is COc1cccc(CO[C@H](C)C(=O)N2CCO[C@H](CC(=O)O)C2)c1. The van der Waals surface area contributed by atoms with E-state index in [1.165, 1.54) is 0 Å². The van der Waals surface area contributed by atoms with E-state index in [0.29, 0.717) is 19.8 Å². The van der Waals surface area contributed by atoms with Gasteiger partial charge in [0.1, 0.15) is 11.9 Å². The van der Waals surface area contributed by atoms with Crippen LogP contribution in [0.3, 0.4) is 0 Å². The van der Waals surface area contributed by atoms with Gasteiger partial charge in [0.05, 0.1) is 32.8 Å². The Hall–Kier alpha value is -2.12. The van der Waals surface area contributed by atoms with Crippen LogP contribution in [-0.2, 0) is 25.7 Å². The number of rotatable bonds is 7. The topological polar surface area (TPSA) is 85.3 Å². The molecule has 2 rings (SSSR count). The molecule has 1 aromatic carbocycles. The number of carboxylic acids is 1. The van der Waals surface area contributed by atoms with Crippen molar-refractivity contribution in [1.29, 1.82) is 0 Å². The summed E-state index contributed by atoms with van der Waals surface area (Å²) in [6.07, 6.45) is -1.19. The molecule has 0 aliphatic carbocycles. The molecule has 0 unspecified atom stereocenters. The van der Waals surface area contributed by atoms with Crippen LogP contribution in [0.25, 0.3) is 0 Å².